The fourth-order valence-electron chi connectivity index (χ4n) is 4.20. The predicted octanol–water partition coefficient (Wildman–Crippen LogP) is 3.11. The minimum atomic E-state index is -0.113. The molecule has 0 unspecified atom stereocenters. The first-order chi connectivity index (χ1) is 14.9. The van der Waals surface area contributed by atoms with E-state index in [9.17, 15) is 14.7 Å². The molecule has 0 aliphatic carbocycles. The molecule has 2 fully saturated rings. The third-order valence-corrected chi connectivity index (χ3v) is 6.15. The van der Waals surface area contributed by atoms with Gasteiger partial charge in [-0.3, -0.25) is 9.69 Å². The normalized spacial score (nSPS) is 17.1. The summed E-state index contributed by atoms with van der Waals surface area (Å²) in [7, 11) is 0. The predicted molar refractivity (Wildman–Crippen MR) is 122 cm³/mol. The zero-order chi connectivity index (χ0) is 22.0. The molecule has 0 radical (unpaired) electrons. The first kappa shape index (κ1) is 21.0. The Hall–Kier alpha value is -3.22. The van der Waals surface area contributed by atoms with Crippen LogP contribution in [0.4, 0.5) is 16.2 Å². The maximum atomic E-state index is 12.9. The van der Waals surface area contributed by atoms with Crippen molar-refractivity contribution in [3.63, 3.8) is 0 Å². The van der Waals surface area contributed by atoms with Crippen LogP contribution in [0, 0.1) is 0 Å². The van der Waals surface area contributed by atoms with Crippen molar-refractivity contribution < 1.29 is 14.7 Å². The Morgan fingerprint density at radius 2 is 1.61 bits per heavy atom. The molecule has 31 heavy (non-hydrogen) atoms. The molecule has 2 aromatic carbocycles. The average molecular weight is 423 g/mol. The zero-order valence-electron chi connectivity index (χ0n) is 18.2. The fraction of sp³-hybridized carbons (Fsp3) is 0.417. The Bertz CT molecular complexity index is 936. The van der Waals surface area contributed by atoms with Crippen molar-refractivity contribution in [1.82, 2.24) is 9.80 Å². The number of aromatic hydroxyl groups is 1. The maximum Gasteiger partial charge on any atom is 0.325 e. The number of anilines is 2. The lowest BCUT2D eigenvalue weighted by Crippen LogP contribution is -2.51. The third kappa shape index (κ3) is 4.45. The molecule has 2 saturated heterocycles. The Morgan fingerprint density at radius 1 is 0.935 bits per heavy atom. The molecule has 1 N–H and O–H groups in total. The van der Waals surface area contributed by atoms with Crippen molar-refractivity contribution in [3.05, 3.63) is 54.1 Å². The van der Waals surface area contributed by atoms with Crippen molar-refractivity contribution in [2.45, 2.75) is 19.8 Å². The highest BCUT2D eigenvalue weighted by Gasteiger charge is 2.32. The van der Waals surface area contributed by atoms with Gasteiger partial charge in [0.15, 0.2) is 0 Å². The number of benzene rings is 2. The van der Waals surface area contributed by atoms with E-state index in [0.29, 0.717) is 45.2 Å². The summed E-state index contributed by atoms with van der Waals surface area (Å²) in [5.41, 5.74) is 2.91. The lowest BCUT2D eigenvalue weighted by molar-refractivity contribution is -0.131. The zero-order valence-corrected chi connectivity index (χ0v) is 18.2. The summed E-state index contributed by atoms with van der Waals surface area (Å²) in [6, 6.07) is 15.2. The molecular weight excluding hydrogens is 392 g/mol. The summed E-state index contributed by atoms with van der Waals surface area (Å²) >= 11 is 0. The van der Waals surface area contributed by atoms with Crippen LogP contribution in [0.1, 0.15) is 25.3 Å². The molecule has 0 bridgehead atoms. The SMILES string of the molecule is CC(C)c1ccc(N2CCN(CC(=O)N3CCN(c4ccccc4O)CC3)C2=O)cc1. The van der Waals surface area contributed by atoms with Crippen LogP contribution in [0.3, 0.4) is 0 Å². The van der Waals surface area contributed by atoms with E-state index in [1.165, 1.54) is 5.56 Å². The molecule has 0 spiro atoms. The van der Waals surface area contributed by atoms with Crippen molar-refractivity contribution in [1.29, 1.82) is 0 Å². The molecule has 2 heterocycles. The molecule has 0 saturated carbocycles. The maximum absolute atomic E-state index is 12.9. The molecule has 2 aromatic rings. The number of piperazine rings is 1. The van der Waals surface area contributed by atoms with Gasteiger partial charge in [0.25, 0.3) is 0 Å². The van der Waals surface area contributed by atoms with E-state index in [4.69, 9.17) is 0 Å². The van der Waals surface area contributed by atoms with Gasteiger partial charge >= 0.3 is 6.03 Å². The second-order valence-electron chi connectivity index (χ2n) is 8.46. The van der Waals surface area contributed by atoms with Gasteiger partial charge in [0.1, 0.15) is 12.3 Å². The molecule has 2 aliphatic rings. The number of urea groups is 1. The molecule has 164 valence electrons. The van der Waals surface area contributed by atoms with Crippen LogP contribution in [-0.2, 0) is 4.79 Å². The monoisotopic (exact) mass is 422 g/mol. The van der Waals surface area contributed by atoms with Crippen LogP contribution in [-0.4, -0.2) is 72.7 Å². The molecule has 2 aliphatic heterocycles. The second kappa shape index (κ2) is 8.88. The van der Waals surface area contributed by atoms with Gasteiger partial charge in [-0.05, 0) is 35.7 Å². The number of phenolic OH excluding ortho intramolecular Hbond substituents is 1. The van der Waals surface area contributed by atoms with Crippen molar-refractivity contribution in [3.8, 4) is 5.75 Å². The Kier molecular flexibility index (Phi) is 6.02. The molecule has 3 amide bonds. The highest BCUT2D eigenvalue weighted by atomic mass is 16.3. The van der Waals surface area contributed by atoms with Gasteiger partial charge in [-0.1, -0.05) is 38.1 Å². The van der Waals surface area contributed by atoms with Gasteiger partial charge in [-0.25, -0.2) is 4.79 Å². The van der Waals surface area contributed by atoms with Gasteiger partial charge in [0.05, 0.1) is 5.69 Å². The second-order valence-corrected chi connectivity index (χ2v) is 8.46. The van der Waals surface area contributed by atoms with Crippen molar-refractivity contribution in [2.24, 2.45) is 0 Å². The van der Waals surface area contributed by atoms with E-state index >= 15 is 0 Å². The third-order valence-electron chi connectivity index (χ3n) is 6.15. The number of hydrogen-bond acceptors (Lipinski definition) is 4. The van der Waals surface area contributed by atoms with Gasteiger partial charge in [0.2, 0.25) is 5.91 Å². The molecular formula is C24H30N4O3. The lowest BCUT2D eigenvalue weighted by atomic mass is 10.0. The van der Waals surface area contributed by atoms with Gasteiger partial charge in [0, 0.05) is 45.0 Å². The standard InChI is InChI=1S/C24H30N4O3/c1-18(2)19-7-9-20(10-8-19)28-16-15-27(24(28)31)17-23(30)26-13-11-25(12-14-26)21-5-3-4-6-22(21)29/h3-10,18,29H,11-17H2,1-2H3. The van der Waals surface area contributed by atoms with Gasteiger partial charge in [-0.15, -0.1) is 0 Å². The summed E-state index contributed by atoms with van der Waals surface area (Å²) in [5, 5.41) is 10.0. The van der Waals surface area contributed by atoms with E-state index in [2.05, 4.69) is 30.9 Å². The van der Waals surface area contributed by atoms with Crippen LogP contribution < -0.4 is 9.80 Å². The topological polar surface area (TPSA) is 67.3 Å². The van der Waals surface area contributed by atoms with Gasteiger partial charge < -0.3 is 19.8 Å². The molecule has 0 aromatic heterocycles. The summed E-state index contributed by atoms with van der Waals surface area (Å²) in [6.07, 6.45) is 0. The summed E-state index contributed by atoms with van der Waals surface area (Å²) in [4.78, 5) is 33.0. The van der Waals surface area contributed by atoms with Crippen LogP contribution in [0.5, 0.6) is 5.75 Å². The van der Waals surface area contributed by atoms with Crippen molar-refractivity contribution >= 4 is 23.3 Å². The van der Waals surface area contributed by atoms with E-state index in [0.717, 1.165) is 11.4 Å². The summed E-state index contributed by atoms with van der Waals surface area (Å²) in [5.74, 6) is 0.678. The van der Waals surface area contributed by atoms with Crippen LogP contribution in [0.2, 0.25) is 0 Å². The number of hydrogen-bond donors (Lipinski definition) is 1. The van der Waals surface area contributed by atoms with E-state index < -0.39 is 0 Å². The molecule has 7 nitrogen and oxygen atoms in total. The highest BCUT2D eigenvalue weighted by Crippen LogP contribution is 2.27. The number of rotatable bonds is 5. The van der Waals surface area contributed by atoms with E-state index in [-0.39, 0.29) is 24.2 Å². The minimum absolute atomic E-state index is 0.0257. The van der Waals surface area contributed by atoms with Crippen molar-refractivity contribution in [2.75, 3.05) is 55.6 Å². The Morgan fingerprint density at radius 3 is 2.26 bits per heavy atom. The number of amides is 3. The fourth-order valence-corrected chi connectivity index (χ4v) is 4.20. The lowest BCUT2D eigenvalue weighted by Gasteiger charge is -2.36. The summed E-state index contributed by atoms with van der Waals surface area (Å²) in [6.45, 7) is 8.01. The summed E-state index contributed by atoms with van der Waals surface area (Å²) < 4.78 is 0. The minimum Gasteiger partial charge on any atom is -0.506 e. The quantitative estimate of drug-likeness (QED) is 0.804. The Labute approximate surface area is 183 Å². The van der Waals surface area contributed by atoms with Gasteiger partial charge in [-0.2, -0.15) is 0 Å². The number of carbonyl (C=O) groups excluding carboxylic acids is 2. The molecule has 4 rings (SSSR count). The van der Waals surface area contributed by atoms with E-state index in [1.54, 1.807) is 21.9 Å². The molecule has 7 heteroatoms. The van der Waals surface area contributed by atoms with Crippen LogP contribution >= 0.6 is 0 Å². The smallest absolute Gasteiger partial charge is 0.325 e. The number of phenols is 1. The van der Waals surface area contributed by atoms with Crippen LogP contribution in [0.15, 0.2) is 48.5 Å². The number of carbonyl (C=O) groups is 2. The first-order valence-electron chi connectivity index (χ1n) is 10.9. The highest BCUT2D eigenvalue weighted by molar-refractivity contribution is 5.96. The largest absolute Gasteiger partial charge is 0.506 e. The first-order valence-corrected chi connectivity index (χ1v) is 10.9. The van der Waals surface area contributed by atoms with E-state index in [1.807, 2.05) is 29.2 Å². The molecule has 0 atom stereocenters. The number of nitrogens with zero attached hydrogens (tertiary/aromatic N) is 4. The van der Waals surface area contributed by atoms with Crippen LogP contribution in [0.25, 0.3) is 0 Å². The Balaban J connectivity index is 1.31. The average Bonchev–Trinajstić information content (AvgIpc) is 3.14. The number of para-hydroxylation sites is 2.